The minimum Gasteiger partial charge on any atom is -0.373 e. The van der Waals surface area contributed by atoms with Crippen molar-refractivity contribution in [3.63, 3.8) is 0 Å². The van der Waals surface area contributed by atoms with Crippen molar-refractivity contribution in [3.05, 3.63) is 47.5 Å². The maximum atomic E-state index is 5.82. The SMILES string of the molecule is CCC1=CCC(Cc2ccccc2)OC1. The van der Waals surface area contributed by atoms with Crippen molar-refractivity contribution in [3.8, 4) is 0 Å². The lowest BCUT2D eigenvalue weighted by atomic mass is 10.0. The molecule has 15 heavy (non-hydrogen) atoms. The van der Waals surface area contributed by atoms with Crippen LogP contribution in [-0.2, 0) is 11.2 Å². The second kappa shape index (κ2) is 5.13. The molecule has 0 amide bonds. The minimum absolute atomic E-state index is 0.377. The van der Waals surface area contributed by atoms with Gasteiger partial charge in [-0.25, -0.2) is 0 Å². The summed E-state index contributed by atoms with van der Waals surface area (Å²) < 4.78 is 5.82. The number of rotatable bonds is 3. The Morgan fingerprint density at radius 1 is 1.27 bits per heavy atom. The Kier molecular flexibility index (Phi) is 3.57. The summed E-state index contributed by atoms with van der Waals surface area (Å²) in [5, 5.41) is 0. The first-order valence-corrected chi connectivity index (χ1v) is 5.72. The van der Waals surface area contributed by atoms with Crippen LogP contribution >= 0.6 is 0 Å². The molecule has 0 saturated heterocycles. The Morgan fingerprint density at radius 3 is 2.67 bits per heavy atom. The molecule has 0 aliphatic carbocycles. The molecule has 1 unspecified atom stereocenters. The van der Waals surface area contributed by atoms with Crippen molar-refractivity contribution >= 4 is 0 Å². The predicted molar refractivity (Wildman–Crippen MR) is 62.9 cm³/mol. The highest BCUT2D eigenvalue weighted by Crippen LogP contribution is 2.18. The predicted octanol–water partition coefficient (Wildman–Crippen LogP) is 3.35. The monoisotopic (exact) mass is 202 g/mol. The lowest BCUT2D eigenvalue weighted by Gasteiger charge is -2.22. The fraction of sp³-hybridized carbons (Fsp3) is 0.429. The van der Waals surface area contributed by atoms with Crippen molar-refractivity contribution in [1.82, 2.24) is 0 Å². The average Bonchev–Trinajstić information content (AvgIpc) is 2.31. The molecule has 1 aromatic rings. The van der Waals surface area contributed by atoms with E-state index in [0.29, 0.717) is 6.10 Å². The van der Waals surface area contributed by atoms with Crippen LogP contribution in [0.4, 0.5) is 0 Å². The lowest BCUT2D eigenvalue weighted by molar-refractivity contribution is 0.0611. The summed E-state index contributed by atoms with van der Waals surface area (Å²) in [4.78, 5) is 0. The second-order valence-corrected chi connectivity index (χ2v) is 4.07. The Hall–Kier alpha value is -1.08. The third kappa shape index (κ3) is 2.93. The summed E-state index contributed by atoms with van der Waals surface area (Å²) in [5.74, 6) is 0. The van der Waals surface area contributed by atoms with Gasteiger partial charge < -0.3 is 4.74 Å². The van der Waals surface area contributed by atoms with Gasteiger partial charge in [0.15, 0.2) is 0 Å². The first kappa shape index (κ1) is 10.4. The van der Waals surface area contributed by atoms with Gasteiger partial charge in [0.25, 0.3) is 0 Å². The molecule has 0 saturated carbocycles. The van der Waals surface area contributed by atoms with Gasteiger partial charge in [-0.1, -0.05) is 43.3 Å². The molecular formula is C14H18O. The van der Waals surface area contributed by atoms with E-state index in [1.54, 1.807) is 0 Å². The number of hydrogen-bond acceptors (Lipinski definition) is 1. The maximum Gasteiger partial charge on any atom is 0.0680 e. The average molecular weight is 202 g/mol. The van der Waals surface area contributed by atoms with Gasteiger partial charge in [-0.2, -0.15) is 0 Å². The number of ether oxygens (including phenoxy) is 1. The van der Waals surface area contributed by atoms with Crippen LogP contribution in [0, 0.1) is 0 Å². The lowest BCUT2D eigenvalue weighted by Crippen LogP contribution is -2.20. The van der Waals surface area contributed by atoms with E-state index in [2.05, 4.69) is 43.3 Å². The van der Waals surface area contributed by atoms with Gasteiger partial charge in [0.2, 0.25) is 0 Å². The molecule has 80 valence electrons. The normalized spacial score (nSPS) is 21.1. The molecule has 2 rings (SSSR count). The summed E-state index contributed by atoms with van der Waals surface area (Å²) in [5.41, 5.74) is 2.81. The third-order valence-corrected chi connectivity index (χ3v) is 2.93. The summed E-state index contributed by atoms with van der Waals surface area (Å²) in [6.45, 7) is 3.01. The quantitative estimate of drug-likeness (QED) is 0.683. The van der Waals surface area contributed by atoms with Crippen LogP contribution in [0.15, 0.2) is 42.0 Å². The van der Waals surface area contributed by atoms with E-state index in [4.69, 9.17) is 4.74 Å². The highest BCUT2D eigenvalue weighted by molar-refractivity contribution is 5.16. The second-order valence-electron chi connectivity index (χ2n) is 4.07. The Morgan fingerprint density at radius 2 is 2.07 bits per heavy atom. The highest BCUT2D eigenvalue weighted by atomic mass is 16.5. The van der Waals surface area contributed by atoms with Crippen LogP contribution in [0.25, 0.3) is 0 Å². The third-order valence-electron chi connectivity index (χ3n) is 2.93. The fourth-order valence-electron chi connectivity index (χ4n) is 1.92. The summed E-state index contributed by atoms with van der Waals surface area (Å²) in [7, 11) is 0. The van der Waals surface area contributed by atoms with Gasteiger partial charge in [-0.15, -0.1) is 0 Å². The largest absolute Gasteiger partial charge is 0.373 e. The topological polar surface area (TPSA) is 9.23 Å². The molecule has 0 aromatic heterocycles. The minimum atomic E-state index is 0.377. The number of hydrogen-bond donors (Lipinski definition) is 0. The van der Waals surface area contributed by atoms with Crippen LogP contribution in [0.1, 0.15) is 25.3 Å². The van der Waals surface area contributed by atoms with Crippen LogP contribution in [0.5, 0.6) is 0 Å². The fourth-order valence-corrected chi connectivity index (χ4v) is 1.92. The molecule has 1 aromatic carbocycles. The van der Waals surface area contributed by atoms with E-state index in [1.165, 1.54) is 11.1 Å². The Bertz CT molecular complexity index is 326. The Balaban J connectivity index is 1.90. The molecule has 1 aliphatic heterocycles. The maximum absolute atomic E-state index is 5.82. The molecule has 0 fully saturated rings. The summed E-state index contributed by atoms with van der Waals surface area (Å²) in [6.07, 6.45) is 5.95. The molecule has 0 N–H and O–H groups in total. The van der Waals surface area contributed by atoms with Crippen LogP contribution in [-0.4, -0.2) is 12.7 Å². The van der Waals surface area contributed by atoms with Crippen molar-refractivity contribution in [2.75, 3.05) is 6.61 Å². The molecule has 1 atom stereocenters. The van der Waals surface area contributed by atoms with Gasteiger partial charge in [0.05, 0.1) is 12.7 Å². The zero-order chi connectivity index (χ0) is 10.5. The van der Waals surface area contributed by atoms with Gasteiger partial charge in [0, 0.05) is 0 Å². The van der Waals surface area contributed by atoms with E-state index in [1.807, 2.05) is 0 Å². The van der Waals surface area contributed by atoms with Gasteiger partial charge >= 0.3 is 0 Å². The molecule has 1 aliphatic rings. The Labute approximate surface area is 91.8 Å². The molecular weight excluding hydrogens is 184 g/mol. The van der Waals surface area contributed by atoms with Crippen LogP contribution in [0.2, 0.25) is 0 Å². The van der Waals surface area contributed by atoms with E-state index < -0.39 is 0 Å². The van der Waals surface area contributed by atoms with Crippen LogP contribution in [0.3, 0.4) is 0 Å². The van der Waals surface area contributed by atoms with E-state index >= 15 is 0 Å². The van der Waals surface area contributed by atoms with E-state index in [0.717, 1.165) is 25.9 Å². The molecule has 0 spiro atoms. The molecule has 1 heteroatoms. The summed E-state index contributed by atoms with van der Waals surface area (Å²) >= 11 is 0. The van der Waals surface area contributed by atoms with Crippen LogP contribution < -0.4 is 0 Å². The molecule has 1 nitrogen and oxygen atoms in total. The van der Waals surface area contributed by atoms with E-state index in [-0.39, 0.29) is 0 Å². The zero-order valence-corrected chi connectivity index (χ0v) is 9.28. The summed E-state index contributed by atoms with van der Waals surface area (Å²) in [6, 6.07) is 10.6. The van der Waals surface area contributed by atoms with Crippen molar-refractivity contribution in [1.29, 1.82) is 0 Å². The van der Waals surface area contributed by atoms with Gasteiger partial charge in [0.1, 0.15) is 0 Å². The molecule has 0 bridgehead atoms. The molecule has 1 heterocycles. The number of benzene rings is 1. The van der Waals surface area contributed by atoms with Gasteiger partial charge in [-0.3, -0.25) is 0 Å². The van der Waals surface area contributed by atoms with Crippen molar-refractivity contribution < 1.29 is 4.74 Å². The molecule has 0 radical (unpaired) electrons. The first-order valence-electron chi connectivity index (χ1n) is 5.72. The van der Waals surface area contributed by atoms with E-state index in [9.17, 15) is 0 Å². The smallest absolute Gasteiger partial charge is 0.0680 e. The first-order chi connectivity index (χ1) is 7.38. The standard InChI is InChI=1S/C14H18O/c1-2-12-8-9-14(15-11-12)10-13-6-4-3-5-7-13/h3-8,14H,2,9-11H2,1H3. The van der Waals surface area contributed by atoms with Crippen molar-refractivity contribution in [2.45, 2.75) is 32.3 Å². The van der Waals surface area contributed by atoms with Gasteiger partial charge in [-0.05, 0) is 30.4 Å². The zero-order valence-electron chi connectivity index (χ0n) is 9.28. The van der Waals surface area contributed by atoms with Crippen molar-refractivity contribution in [2.24, 2.45) is 0 Å². The highest BCUT2D eigenvalue weighted by Gasteiger charge is 2.13.